The van der Waals surface area contributed by atoms with Crippen LogP contribution in [0.2, 0.25) is 5.02 Å². The van der Waals surface area contributed by atoms with E-state index >= 15 is 0 Å². The summed E-state index contributed by atoms with van der Waals surface area (Å²) in [6.07, 6.45) is 0.731. The SMILES string of the molecule is CCc1nc(N)c(C)c(NCc2c(Cl)cccc2OC)n1. The summed E-state index contributed by atoms with van der Waals surface area (Å²) in [5.74, 6) is 2.67. The molecule has 0 bridgehead atoms. The standard InChI is InChI=1S/C15H19ClN4O/c1-4-13-19-14(17)9(2)15(20-13)18-8-10-11(16)6-5-7-12(10)21-3/h5-7H,4,8H2,1-3H3,(H3,17,18,19,20). The molecule has 0 aliphatic heterocycles. The van der Waals surface area contributed by atoms with Gasteiger partial charge in [0.15, 0.2) is 0 Å². The number of ether oxygens (including phenoxy) is 1. The van der Waals surface area contributed by atoms with E-state index in [-0.39, 0.29) is 0 Å². The van der Waals surface area contributed by atoms with Crippen molar-refractivity contribution in [1.29, 1.82) is 0 Å². The molecule has 0 spiro atoms. The van der Waals surface area contributed by atoms with Gasteiger partial charge in [-0.1, -0.05) is 24.6 Å². The van der Waals surface area contributed by atoms with Gasteiger partial charge in [0.25, 0.3) is 0 Å². The first-order chi connectivity index (χ1) is 10.1. The molecule has 5 nitrogen and oxygen atoms in total. The first-order valence-electron chi connectivity index (χ1n) is 6.75. The number of anilines is 2. The van der Waals surface area contributed by atoms with Crippen LogP contribution in [0.25, 0.3) is 0 Å². The molecule has 0 aliphatic carbocycles. The van der Waals surface area contributed by atoms with Crippen molar-refractivity contribution in [3.05, 3.63) is 40.2 Å². The first kappa shape index (κ1) is 15.4. The molecule has 0 unspecified atom stereocenters. The molecule has 2 rings (SSSR count). The third-order valence-electron chi connectivity index (χ3n) is 3.27. The van der Waals surface area contributed by atoms with Crippen molar-refractivity contribution in [2.75, 3.05) is 18.2 Å². The fourth-order valence-corrected chi connectivity index (χ4v) is 2.22. The highest BCUT2D eigenvalue weighted by atomic mass is 35.5. The van der Waals surface area contributed by atoms with E-state index in [1.807, 2.05) is 32.0 Å². The molecule has 0 saturated carbocycles. The van der Waals surface area contributed by atoms with Gasteiger partial charge in [-0.3, -0.25) is 0 Å². The number of rotatable bonds is 5. The average Bonchev–Trinajstić information content (AvgIpc) is 2.49. The summed E-state index contributed by atoms with van der Waals surface area (Å²) >= 11 is 6.23. The quantitative estimate of drug-likeness (QED) is 0.887. The average molecular weight is 307 g/mol. The molecule has 1 heterocycles. The van der Waals surface area contributed by atoms with Crippen LogP contribution in [-0.2, 0) is 13.0 Å². The first-order valence-corrected chi connectivity index (χ1v) is 7.12. The Kier molecular flexibility index (Phi) is 4.85. The van der Waals surface area contributed by atoms with Gasteiger partial charge in [0.2, 0.25) is 0 Å². The van der Waals surface area contributed by atoms with Crippen LogP contribution >= 0.6 is 11.6 Å². The van der Waals surface area contributed by atoms with Crippen molar-refractivity contribution in [2.24, 2.45) is 0 Å². The van der Waals surface area contributed by atoms with Crippen LogP contribution < -0.4 is 15.8 Å². The number of nitrogens with two attached hydrogens (primary N) is 1. The molecule has 21 heavy (non-hydrogen) atoms. The highest BCUT2D eigenvalue weighted by molar-refractivity contribution is 6.31. The van der Waals surface area contributed by atoms with Crippen molar-refractivity contribution in [1.82, 2.24) is 9.97 Å². The van der Waals surface area contributed by atoms with Crippen LogP contribution in [0.5, 0.6) is 5.75 Å². The minimum Gasteiger partial charge on any atom is -0.496 e. The van der Waals surface area contributed by atoms with Gasteiger partial charge in [-0.25, -0.2) is 9.97 Å². The Bertz CT molecular complexity index is 646. The lowest BCUT2D eigenvalue weighted by Gasteiger charge is -2.14. The van der Waals surface area contributed by atoms with E-state index in [1.54, 1.807) is 7.11 Å². The van der Waals surface area contributed by atoms with Gasteiger partial charge < -0.3 is 15.8 Å². The van der Waals surface area contributed by atoms with E-state index in [2.05, 4.69) is 15.3 Å². The maximum Gasteiger partial charge on any atom is 0.135 e. The Morgan fingerprint density at radius 1 is 1.33 bits per heavy atom. The van der Waals surface area contributed by atoms with E-state index in [0.29, 0.717) is 23.2 Å². The largest absolute Gasteiger partial charge is 0.496 e. The number of benzene rings is 1. The fourth-order valence-electron chi connectivity index (χ4n) is 1.99. The summed E-state index contributed by atoms with van der Waals surface area (Å²) in [5, 5.41) is 3.91. The zero-order chi connectivity index (χ0) is 15.4. The number of halogens is 1. The van der Waals surface area contributed by atoms with Crippen molar-refractivity contribution >= 4 is 23.2 Å². The Morgan fingerprint density at radius 2 is 2.10 bits per heavy atom. The van der Waals surface area contributed by atoms with Gasteiger partial charge in [0, 0.05) is 29.1 Å². The molecule has 0 amide bonds. The number of hydrogen-bond donors (Lipinski definition) is 2. The van der Waals surface area contributed by atoms with E-state index < -0.39 is 0 Å². The molecule has 3 N–H and O–H groups in total. The third-order valence-corrected chi connectivity index (χ3v) is 3.63. The minimum absolute atomic E-state index is 0.496. The number of methoxy groups -OCH3 is 1. The lowest BCUT2D eigenvalue weighted by molar-refractivity contribution is 0.410. The topological polar surface area (TPSA) is 73.1 Å². The molecule has 0 saturated heterocycles. The summed E-state index contributed by atoms with van der Waals surface area (Å²) in [6, 6.07) is 5.56. The number of nitrogens with zero attached hydrogens (tertiary/aromatic N) is 2. The molecule has 112 valence electrons. The Balaban J connectivity index is 2.26. The molecule has 0 aliphatic rings. The van der Waals surface area contributed by atoms with Crippen molar-refractivity contribution in [2.45, 2.75) is 26.8 Å². The summed E-state index contributed by atoms with van der Waals surface area (Å²) in [5.41, 5.74) is 7.63. The fraction of sp³-hybridized carbons (Fsp3) is 0.333. The van der Waals surface area contributed by atoms with Crippen LogP contribution in [-0.4, -0.2) is 17.1 Å². The summed E-state index contributed by atoms with van der Waals surface area (Å²) in [4.78, 5) is 8.70. The second-order valence-corrected chi connectivity index (χ2v) is 5.03. The van der Waals surface area contributed by atoms with Gasteiger partial charge in [-0.2, -0.15) is 0 Å². The van der Waals surface area contributed by atoms with Gasteiger partial charge in [0.05, 0.1) is 7.11 Å². The molecule has 6 heteroatoms. The van der Waals surface area contributed by atoms with E-state index in [4.69, 9.17) is 22.1 Å². The number of nitrogens with one attached hydrogen (secondary N) is 1. The minimum atomic E-state index is 0.496. The Morgan fingerprint density at radius 3 is 2.76 bits per heavy atom. The number of hydrogen-bond acceptors (Lipinski definition) is 5. The molecule has 1 aromatic heterocycles. The smallest absolute Gasteiger partial charge is 0.135 e. The van der Waals surface area contributed by atoms with E-state index in [1.165, 1.54) is 0 Å². The zero-order valence-electron chi connectivity index (χ0n) is 12.4. The maximum absolute atomic E-state index is 6.23. The van der Waals surface area contributed by atoms with Crippen molar-refractivity contribution in [3.63, 3.8) is 0 Å². The molecule has 0 radical (unpaired) electrons. The second-order valence-electron chi connectivity index (χ2n) is 4.63. The van der Waals surface area contributed by atoms with E-state index in [9.17, 15) is 0 Å². The third kappa shape index (κ3) is 3.36. The molecular formula is C15H19ClN4O. The lowest BCUT2D eigenvalue weighted by atomic mass is 10.2. The normalized spacial score (nSPS) is 10.5. The van der Waals surface area contributed by atoms with Gasteiger partial charge >= 0.3 is 0 Å². The van der Waals surface area contributed by atoms with Crippen LogP contribution in [0.15, 0.2) is 18.2 Å². The molecule has 2 aromatic rings. The highest BCUT2D eigenvalue weighted by Crippen LogP contribution is 2.27. The molecule has 0 fully saturated rings. The predicted octanol–water partition coefficient (Wildman–Crippen LogP) is 3.20. The monoisotopic (exact) mass is 306 g/mol. The number of aryl methyl sites for hydroxylation is 1. The summed E-state index contributed by atoms with van der Waals surface area (Å²) in [7, 11) is 1.62. The zero-order valence-corrected chi connectivity index (χ0v) is 13.2. The summed E-state index contributed by atoms with van der Waals surface area (Å²) < 4.78 is 5.33. The van der Waals surface area contributed by atoms with Crippen LogP contribution in [0.3, 0.4) is 0 Å². The number of aromatic nitrogens is 2. The van der Waals surface area contributed by atoms with Gasteiger partial charge in [0.1, 0.15) is 23.2 Å². The van der Waals surface area contributed by atoms with Crippen LogP contribution in [0.4, 0.5) is 11.6 Å². The van der Waals surface area contributed by atoms with Gasteiger partial charge in [-0.05, 0) is 19.1 Å². The van der Waals surface area contributed by atoms with Crippen molar-refractivity contribution in [3.8, 4) is 5.75 Å². The van der Waals surface area contributed by atoms with Gasteiger partial charge in [-0.15, -0.1) is 0 Å². The van der Waals surface area contributed by atoms with Crippen LogP contribution in [0, 0.1) is 6.92 Å². The maximum atomic E-state index is 6.23. The number of nitrogen functional groups attached to an aromatic ring is 1. The Labute approximate surface area is 129 Å². The van der Waals surface area contributed by atoms with Crippen LogP contribution in [0.1, 0.15) is 23.9 Å². The molecule has 0 atom stereocenters. The second kappa shape index (κ2) is 6.63. The lowest BCUT2D eigenvalue weighted by Crippen LogP contribution is -2.10. The highest BCUT2D eigenvalue weighted by Gasteiger charge is 2.11. The van der Waals surface area contributed by atoms with Crippen molar-refractivity contribution < 1.29 is 4.74 Å². The van der Waals surface area contributed by atoms with E-state index in [0.717, 1.165) is 29.1 Å². The summed E-state index contributed by atoms with van der Waals surface area (Å²) in [6.45, 7) is 4.38. The predicted molar refractivity (Wildman–Crippen MR) is 85.9 cm³/mol. The molecule has 1 aromatic carbocycles. The Hall–Kier alpha value is -2.01. The molecular weight excluding hydrogens is 288 g/mol.